The highest BCUT2D eigenvalue weighted by Crippen LogP contribution is 2.15. The van der Waals surface area contributed by atoms with Gasteiger partial charge in [-0.2, -0.15) is 11.8 Å². The predicted octanol–water partition coefficient (Wildman–Crippen LogP) is 1.93. The number of urea groups is 1. The molecule has 1 aromatic heterocycles. The van der Waals surface area contributed by atoms with E-state index < -0.39 is 5.97 Å². The van der Waals surface area contributed by atoms with Gasteiger partial charge in [0, 0.05) is 18.8 Å². The molecule has 0 bridgehead atoms. The molecule has 1 fully saturated rings. The highest BCUT2D eigenvalue weighted by atomic mass is 32.2. The first-order chi connectivity index (χ1) is 9.58. The molecule has 1 aromatic rings. The number of rotatable bonds is 3. The molecule has 0 aliphatic carbocycles. The molecule has 1 saturated heterocycles. The third kappa shape index (κ3) is 3.69. The van der Waals surface area contributed by atoms with Crippen molar-refractivity contribution in [3.8, 4) is 0 Å². The number of hydrogen-bond donors (Lipinski definition) is 2. The molecule has 0 unspecified atom stereocenters. The largest absolute Gasteiger partial charge is 0.478 e. The average molecular weight is 298 g/mol. The van der Waals surface area contributed by atoms with E-state index >= 15 is 0 Å². The van der Waals surface area contributed by atoms with E-state index in [1.165, 1.54) is 6.07 Å². The number of thioether (sulfide) groups is 1. The standard InChI is InChI=1S/C13H18N2O4S/c1-9-11(12(16)17)7-10(19-9)8-14-13(18)15-3-2-5-20-6-4-15/h7H,2-6,8H2,1H3,(H,14,18)(H,16,17). The van der Waals surface area contributed by atoms with E-state index in [2.05, 4.69) is 5.32 Å². The maximum Gasteiger partial charge on any atom is 0.339 e. The van der Waals surface area contributed by atoms with Crippen LogP contribution in [-0.4, -0.2) is 46.6 Å². The van der Waals surface area contributed by atoms with Gasteiger partial charge in [0.2, 0.25) is 0 Å². The van der Waals surface area contributed by atoms with Gasteiger partial charge in [-0.1, -0.05) is 0 Å². The van der Waals surface area contributed by atoms with Crippen LogP contribution in [0.5, 0.6) is 0 Å². The summed E-state index contributed by atoms with van der Waals surface area (Å²) < 4.78 is 5.32. The number of aromatic carboxylic acids is 1. The maximum atomic E-state index is 12.0. The van der Waals surface area contributed by atoms with Gasteiger partial charge in [-0.3, -0.25) is 0 Å². The highest BCUT2D eigenvalue weighted by molar-refractivity contribution is 7.99. The number of carboxylic acids is 1. The van der Waals surface area contributed by atoms with Crippen molar-refractivity contribution in [2.24, 2.45) is 0 Å². The molecule has 110 valence electrons. The van der Waals surface area contributed by atoms with Crippen molar-refractivity contribution in [3.05, 3.63) is 23.2 Å². The first-order valence-electron chi connectivity index (χ1n) is 6.51. The lowest BCUT2D eigenvalue weighted by Crippen LogP contribution is -2.40. The third-order valence-corrected chi connectivity index (χ3v) is 4.17. The van der Waals surface area contributed by atoms with Gasteiger partial charge in [-0.05, 0) is 25.2 Å². The summed E-state index contributed by atoms with van der Waals surface area (Å²) in [4.78, 5) is 24.7. The van der Waals surface area contributed by atoms with Crippen LogP contribution in [-0.2, 0) is 6.54 Å². The fourth-order valence-corrected chi connectivity index (χ4v) is 2.95. The molecule has 0 radical (unpaired) electrons. The van der Waals surface area contributed by atoms with Gasteiger partial charge in [0.05, 0.1) is 6.54 Å². The molecule has 1 aliphatic heterocycles. The minimum absolute atomic E-state index is 0.126. The van der Waals surface area contributed by atoms with Crippen molar-refractivity contribution in [2.75, 3.05) is 24.6 Å². The molecular formula is C13H18N2O4S. The summed E-state index contributed by atoms with van der Waals surface area (Å²) in [5.74, 6) is 1.83. The molecule has 0 aromatic carbocycles. The molecule has 2 rings (SSSR count). The van der Waals surface area contributed by atoms with Crippen LogP contribution in [0, 0.1) is 6.92 Å². The molecule has 0 atom stereocenters. The van der Waals surface area contributed by atoms with Crippen LogP contribution in [0.4, 0.5) is 4.79 Å². The third-order valence-electron chi connectivity index (χ3n) is 3.12. The first-order valence-corrected chi connectivity index (χ1v) is 7.66. The van der Waals surface area contributed by atoms with Crippen LogP contribution in [0.25, 0.3) is 0 Å². The van der Waals surface area contributed by atoms with Gasteiger partial charge in [0.15, 0.2) is 0 Å². The number of carbonyl (C=O) groups is 2. The lowest BCUT2D eigenvalue weighted by atomic mass is 10.2. The Kier molecular flexibility index (Phi) is 4.94. The van der Waals surface area contributed by atoms with Gasteiger partial charge in [0.25, 0.3) is 0 Å². The van der Waals surface area contributed by atoms with Crippen molar-refractivity contribution in [2.45, 2.75) is 19.9 Å². The maximum absolute atomic E-state index is 12.0. The Hall–Kier alpha value is -1.63. The number of hydrogen-bond acceptors (Lipinski definition) is 4. The predicted molar refractivity (Wildman–Crippen MR) is 76.2 cm³/mol. The average Bonchev–Trinajstić information content (AvgIpc) is 2.64. The Morgan fingerprint density at radius 1 is 1.45 bits per heavy atom. The van der Waals surface area contributed by atoms with Crippen LogP contribution < -0.4 is 5.32 Å². The van der Waals surface area contributed by atoms with Gasteiger partial charge >= 0.3 is 12.0 Å². The summed E-state index contributed by atoms with van der Waals surface area (Å²) in [6.45, 7) is 3.31. The molecule has 1 aliphatic rings. The lowest BCUT2D eigenvalue weighted by Gasteiger charge is -2.20. The highest BCUT2D eigenvalue weighted by Gasteiger charge is 2.17. The molecule has 2 heterocycles. The Morgan fingerprint density at radius 2 is 2.25 bits per heavy atom. The van der Waals surface area contributed by atoms with Crippen molar-refractivity contribution in [1.82, 2.24) is 10.2 Å². The summed E-state index contributed by atoms with van der Waals surface area (Å²) in [5, 5.41) is 11.7. The van der Waals surface area contributed by atoms with E-state index in [9.17, 15) is 9.59 Å². The topological polar surface area (TPSA) is 82.8 Å². The van der Waals surface area contributed by atoms with Crippen LogP contribution in [0.1, 0.15) is 28.3 Å². The summed E-state index contributed by atoms with van der Waals surface area (Å²) in [6.07, 6.45) is 1.00. The second-order valence-corrected chi connectivity index (χ2v) is 5.82. The monoisotopic (exact) mass is 298 g/mol. The zero-order chi connectivity index (χ0) is 14.5. The Bertz CT molecular complexity index is 493. The normalized spacial score (nSPS) is 15.8. The van der Waals surface area contributed by atoms with E-state index in [-0.39, 0.29) is 18.1 Å². The van der Waals surface area contributed by atoms with Gasteiger partial charge in [0.1, 0.15) is 17.1 Å². The second kappa shape index (κ2) is 6.69. The molecule has 2 N–H and O–H groups in total. The minimum Gasteiger partial charge on any atom is -0.478 e. The number of nitrogens with zero attached hydrogens (tertiary/aromatic N) is 1. The molecular weight excluding hydrogens is 280 g/mol. The van der Waals surface area contributed by atoms with Crippen molar-refractivity contribution in [1.29, 1.82) is 0 Å². The van der Waals surface area contributed by atoms with E-state index in [0.29, 0.717) is 11.5 Å². The fourth-order valence-electron chi connectivity index (χ4n) is 2.07. The summed E-state index contributed by atoms with van der Waals surface area (Å²) in [7, 11) is 0. The quantitative estimate of drug-likeness (QED) is 0.891. The van der Waals surface area contributed by atoms with Crippen LogP contribution in [0.15, 0.2) is 10.5 Å². The SMILES string of the molecule is Cc1oc(CNC(=O)N2CCCSCC2)cc1C(=O)O. The summed E-state index contributed by atoms with van der Waals surface area (Å²) in [6, 6.07) is 1.33. The number of carbonyl (C=O) groups excluding carboxylic acids is 1. The molecule has 7 heteroatoms. The van der Waals surface area contributed by atoms with E-state index in [1.54, 1.807) is 11.8 Å². The molecule has 20 heavy (non-hydrogen) atoms. The fraction of sp³-hybridized carbons (Fsp3) is 0.538. The van der Waals surface area contributed by atoms with Gasteiger partial charge < -0.3 is 19.7 Å². The first kappa shape index (κ1) is 14.8. The summed E-state index contributed by atoms with van der Waals surface area (Å²) >= 11 is 1.85. The van der Waals surface area contributed by atoms with Crippen LogP contribution >= 0.6 is 11.8 Å². The molecule has 0 spiro atoms. The Morgan fingerprint density at radius 3 is 2.95 bits per heavy atom. The van der Waals surface area contributed by atoms with Crippen LogP contribution in [0.3, 0.4) is 0 Å². The number of furan rings is 1. The van der Waals surface area contributed by atoms with Crippen LogP contribution in [0.2, 0.25) is 0 Å². The summed E-state index contributed by atoms with van der Waals surface area (Å²) in [5.41, 5.74) is 0.139. The lowest BCUT2D eigenvalue weighted by molar-refractivity contribution is 0.0695. The van der Waals surface area contributed by atoms with E-state index in [4.69, 9.17) is 9.52 Å². The number of aryl methyl sites for hydroxylation is 1. The van der Waals surface area contributed by atoms with E-state index in [0.717, 1.165) is 31.0 Å². The molecule has 2 amide bonds. The van der Waals surface area contributed by atoms with Crippen molar-refractivity contribution >= 4 is 23.8 Å². The Balaban J connectivity index is 1.89. The number of carboxylic acid groups (broad SMARTS) is 1. The zero-order valence-electron chi connectivity index (χ0n) is 11.3. The number of nitrogens with one attached hydrogen (secondary N) is 1. The molecule has 6 nitrogen and oxygen atoms in total. The van der Waals surface area contributed by atoms with Crippen molar-refractivity contribution < 1.29 is 19.1 Å². The number of amides is 2. The smallest absolute Gasteiger partial charge is 0.339 e. The van der Waals surface area contributed by atoms with Gasteiger partial charge in [-0.25, -0.2) is 9.59 Å². The molecule has 0 saturated carbocycles. The zero-order valence-corrected chi connectivity index (χ0v) is 12.2. The second-order valence-electron chi connectivity index (χ2n) is 4.60. The van der Waals surface area contributed by atoms with E-state index in [1.807, 2.05) is 11.8 Å². The Labute approximate surface area is 121 Å². The van der Waals surface area contributed by atoms with Gasteiger partial charge in [-0.15, -0.1) is 0 Å². The minimum atomic E-state index is -1.02. The van der Waals surface area contributed by atoms with Crippen molar-refractivity contribution in [3.63, 3.8) is 0 Å².